The van der Waals surface area contributed by atoms with E-state index in [-0.39, 0.29) is 31.0 Å². The topological polar surface area (TPSA) is 52.6 Å². The van der Waals surface area contributed by atoms with Crippen LogP contribution in [0.1, 0.15) is 22.1 Å². The van der Waals surface area contributed by atoms with Crippen molar-refractivity contribution in [1.82, 2.24) is 0 Å². The van der Waals surface area contributed by atoms with E-state index in [1.807, 2.05) is 6.07 Å². The van der Waals surface area contributed by atoms with Gasteiger partial charge in [-0.2, -0.15) is 0 Å². The molecule has 0 heterocycles. The summed E-state index contributed by atoms with van der Waals surface area (Å²) in [5.74, 6) is -0.492. The molecule has 0 bridgehead atoms. The van der Waals surface area contributed by atoms with Crippen LogP contribution in [0.3, 0.4) is 0 Å². The summed E-state index contributed by atoms with van der Waals surface area (Å²) in [6, 6.07) is 14.9. The Morgan fingerprint density at radius 3 is 1.95 bits per heavy atom. The maximum Gasteiger partial charge on any atom is 1.00 e. The van der Waals surface area contributed by atoms with Crippen molar-refractivity contribution in [1.29, 1.82) is 0 Å². The van der Waals surface area contributed by atoms with Gasteiger partial charge in [-0.05, 0) is 36.4 Å². The van der Waals surface area contributed by atoms with E-state index < -0.39 is 11.9 Å². The third-order valence-electron chi connectivity index (χ3n) is 2.50. The van der Waals surface area contributed by atoms with Gasteiger partial charge >= 0.3 is 41.5 Å². The Labute approximate surface area is 140 Å². The summed E-state index contributed by atoms with van der Waals surface area (Å²) in [6.07, 6.45) is 0. The van der Waals surface area contributed by atoms with E-state index in [0.29, 0.717) is 16.9 Å². The van der Waals surface area contributed by atoms with Crippen molar-refractivity contribution >= 4 is 11.9 Å². The first kappa shape index (κ1) is 16.4. The molecule has 2 rings (SSSR count). The zero-order valence-electron chi connectivity index (χ0n) is 12.3. The van der Waals surface area contributed by atoms with E-state index in [2.05, 4.69) is 4.74 Å². The van der Waals surface area contributed by atoms with Crippen LogP contribution in [0, 0.1) is 0 Å². The minimum absolute atomic E-state index is 0. The minimum atomic E-state index is -0.439. The molecule has 0 saturated heterocycles. The molecule has 5 heteroatoms. The molecular formula is C15H13NaO4. The van der Waals surface area contributed by atoms with Crippen LogP contribution in [0.15, 0.2) is 54.6 Å². The molecule has 0 N–H and O–H groups in total. The number of methoxy groups -OCH3 is 1. The Morgan fingerprint density at radius 2 is 1.40 bits per heavy atom. The van der Waals surface area contributed by atoms with Crippen molar-refractivity contribution in [3.63, 3.8) is 0 Å². The number of hydrogen-bond donors (Lipinski definition) is 0. The second-order valence-corrected chi connectivity index (χ2v) is 3.77. The van der Waals surface area contributed by atoms with Gasteiger partial charge in [-0.1, -0.05) is 18.2 Å². The Morgan fingerprint density at radius 1 is 0.850 bits per heavy atom. The summed E-state index contributed by atoms with van der Waals surface area (Å²) < 4.78 is 9.76. The molecule has 0 saturated carbocycles. The van der Waals surface area contributed by atoms with Crippen molar-refractivity contribution in [2.75, 3.05) is 7.11 Å². The first-order chi connectivity index (χ1) is 9.20. The number of hydrogen-bond acceptors (Lipinski definition) is 4. The van der Waals surface area contributed by atoms with Crippen molar-refractivity contribution in [3.8, 4) is 5.75 Å². The third-order valence-corrected chi connectivity index (χ3v) is 2.50. The Hall–Kier alpha value is -1.62. The molecule has 0 amide bonds. The number of carbonyl (C=O) groups is 2. The fourth-order valence-corrected chi connectivity index (χ4v) is 1.52. The van der Waals surface area contributed by atoms with Crippen LogP contribution in [-0.4, -0.2) is 19.0 Å². The maximum absolute atomic E-state index is 11.8. The van der Waals surface area contributed by atoms with E-state index >= 15 is 0 Å². The standard InChI is InChI=1S/C15H12O4.Na.H/c1-18-14(16)12-7-9-13(10-8-12)19-15(17)11-5-3-2-4-6-11;;/h2-10H,1H3;;/q;+1;-1. The van der Waals surface area contributed by atoms with E-state index in [0.717, 1.165) is 0 Å². The van der Waals surface area contributed by atoms with Gasteiger partial charge in [0.25, 0.3) is 0 Å². The van der Waals surface area contributed by atoms with Gasteiger partial charge < -0.3 is 10.9 Å². The molecule has 0 aliphatic heterocycles. The smallest absolute Gasteiger partial charge is 1.00 e. The summed E-state index contributed by atoms with van der Waals surface area (Å²) >= 11 is 0. The molecule has 0 fully saturated rings. The summed E-state index contributed by atoms with van der Waals surface area (Å²) in [5.41, 5.74) is 0.876. The molecule has 0 radical (unpaired) electrons. The van der Waals surface area contributed by atoms with Crippen LogP contribution in [0.2, 0.25) is 0 Å². The maximum atomic E-state index is 11.8. The number of rotatable bonds is 3. The zero-order valence-corrected chi connectivity index (χ0v) is 13.3. The van der Waals surface area contributed by atoms with E-state index in [1.165, 1.54) is 7.11 Å². The summed E-state index contributed by atoms with van der Waals surface area (Å²) in [7, 11) is 1.31. The van der Waals surface area contributed by atoms with Gasteiger partial charge in [0.1, 0.15) is 5.75 Å². The molecule has 0 atom stereocenters. The molecule has 0 spiro atoms. The fourth-order valence-electron chi connectivity index (χ4n) is 1.52. The number of benzene rings is 2. The van der Waals surface area contributed by atoms with Crippen LogP contribution < -0.4 is 34.3 Å². The third kappa shape index (κ3) is 4.20. The van der Waals surface area contributed by atoms with Crippen molar-refractivity contribution < 1.29 is 50.0 Å². The number of carbonyl (C=O) groups excluding carboxylic acids is 2. The van der Waals surface area contributed by atoms with E-state index in [9.17, 15) is 9.59 Å². The number of esters is 2. The summed E-state index contributed by atoms with van der Waals surface area (Å²) in [6.45, 7) is 0. The SMILES string of the molecule is COC(=O)c1ccc(OC(=O)c2ccccc2)cc1.[H-].[Na+]. The average molecular weight is 280 g/mol. The van der Waals surface area contributed by atoms with Gasteiger partial charge in [0, 0.05) is 0 Å². The molecule has 20 heavy (non-hydrogen) atoms. The largest absolute Gasteiger partial charge is 1.00 e. The Kier molecular flexibility index (Phi) is 6.45. The molecule has 0 aliphatic rings. The van der Waals surface area contributed by atoms with Gasteiger partial charge in [-0.15, -0.1) is 0 Å². The second-order valence-electron chi connectivity index (χ2n) is 3.77. The minimum Gasteiger partial charge on any atom is -1.00 e. The molecule has 0 aromatic heterocycles. The molecule has 4 nitrogen and oxygen atoms in total. The quantitative estimate of drug-likeness (QED) is 0.444. The van der Waals surface area contributed by atoms with Crippen molar-refractivity contribution in [2.24, 2.45) is 0 Å². The van der Waals surface area contributed by atoms with Crippen LogP contribution in [0.25, 0.3) is 0 Å². The van der Waals surface area contributed by atoms with Crippen LogP contribution in [-0.2, 0) is 4.74 Å². The predicted molar refractivity (Wildman–Crippen MR) is 70.3 cm³/mol. The first-order valence-electron chi connectivity index (χ1n) is 5.66. The van der Waals surface area contributed by atoms with E-state index in [1.54, 1.807) is 48.5 Å². The zero-order chi connectivity index (χ0) is 13.7. The first-order valence-corrected chi connectivity index (χ1v) is 5.66. The van der Waals surface area contributed by atoms with E-state index in [4.69, 9.17) is 4.74 Å². The Bertz CT molecular complexity index is 584. The predicted octanol–water partition coefficient (Wildman–Crippen LogP) is -0.191. The molecule has 2 aromatic carbocycles. The van der Waals surface area contributed by atoms with Crippen LogP contribution in [0.5, 0.6) is 5.75 Å². The van der Waals surface area contributed by atoms with Crippen molar-refractivity contribution in [3.05, 3.63) is 65.7 Å². The van der Waals surface area contributed by atoms with Gasteiger partial charge in [-0.3, -0.25) is 0 Å². The average Bonchev–Trinajstić information content (AvgIpc) is 2.48. The van der Waals surface area contributed by atoms with Crippen LogP contribution >= 0.6 is 0 Å². The molecule has 2 aromatic rings. The van der Waals surface area contributed by atoms with Gasteiger partial charge in [0.05, 0.1) is 18.2 Å². The fraction of sp³-hybridized carbons (Fsp3) is 0.0667. The molecule has 98 valence electrons. The monoisotopic (exact) mass is 280 g/mol. The molecule has 0 aliphatic carbocycles. The normalized spacial score (nSPS) is 9.25. The molecular weight excluding hydrogens is 267 g/mol. The Balaban J connectivity index is 0.00000200. The van der Waals surface area contributed by atoms with Gasteiger partial charge in [0.2, 0.25) is 0 Å². The molecule has 0 unspecified atom stereocenters. The van der Waals surface area contributed by atoms with Crippen molar-refractivity contribution in [2.45, 2.75) is 0 Å². The number of ether oxygens (including phenoxy) is 2. The second kappa shape index (κ2) is 7.85. The summed E-state index contributed by atoms with van der Waals surface area (Å²) in [5, 5.41) is 0. The van der Waals surface area contributed by atoms with Crippen LogP contribution in [0.4, 0.5) is 0 Å². The van der Waals surface area contributed by atoms with Gasteiger partial charge in [-0.25, -0.2) is 9.59 Å². The summed E-state index contributed by atoms with van der Waals surface area (Å²) in [4.78, 5) is 23.0. The van der Waals surface area contributed by atoms with Gasteiger partial charge in [0.15, 0.2) is 0 Å².